The van der Waals surface area contributed by atoms with Gasteiger partial charge in [-0.2, -0.15) is 0 Å². The Morgan fingerprint density at radius 2 is 0.321 bits per heavy atom. The Morgan fingerprint density at radius 1 is 0.250 bits per heavy atom. The van der Waals surface area contributed by atoms with Crippen LogP contribution in [-0.4, -0.2) is 49.4 Å². The first kappa shape index (κ1) is 37.7. The number of hydrogen-bond donors (Lipinski definition) is 0. The van der Waals surface area contributed by atoms with E-state index in [1.54, 1.807) is 0 Å². The Bertz CT molecular complexity index is 297. The second-order valence-corrected chi connectivity index (χ2v) is 42.1. The molecule has 0 amide bonds. The molecule has 0 aliphatic carbocycles. The van der Waals surface area contributed by atoms with Crippen LogP contribution in [0.15, 0.2) is 0 Å². The standard InChI is InChI=1S/3C6H18NSi2.La/c3*1-8(2,3)7-9(4,5)6;/h3*1-6H3;/q3*-1;+3. The second-order valence-electron chi connectivity index (χ2n) is 13.4. The first-order valence-electron chi connectivity index (χ1n) is 10.3. The molecule has 0 spiro atoms. The minimum atomic E-state index is -1.11. The Morgan fingerprint density at radius 3 is 0.321 bits per heavy atom. The van der Waals surface area contributed by atoms with Crippen LogP contribution in [0.2, 0.25) is 118 Å². The van der Waals surface area contributed by atoms with Gasteiger partial charge in [0.2, 0.25) is 0 Å². The molecule has 10 heteroatoms. The van der Waals surface area contributed by atoms with Gasteiger partial charge in [0.1, 0.15) is 0 Å². The van der Waals surface area contributed by atoms with Crippen molar-refractivity contribution in [3.8, 4) is 0 Å². The van der Waals surface area contributed by atoms with Gasteiger partial charge in [0.05, 0.1) is 0 Å². The van der Waals surface area contributed by atoms with Crippen LogP contribution in [0.1, 0.15) is 0 Å². The van der Waals surface area contributed by atoms with E-state index >= 15 is 0 Å². The van der Waals surface area contributed by atoms with Gasteiger partial charge in [0.25, 0.3) is 0 Å². The summed E-state index contributed by atoms with van der Waals surface area (Å²) in [4.78, 5) is 0. The minimum absolute atomic E-state index is 0. The Hall–Kier alpha value is 2.38. The van der Waals surface area contributed by atoms with E-state index in [-0.39, 0.29) is 35.6 Å². The molecular formula is C18H54LaN3Si6. The maximum Gasteiger partial charge on any atom is 3.00 e. The molecule has 3 nitrogen and oxygen atoms in total. The summed E-state index contributed by atoms with van der Waals surface area (Å²) < 4.78 is 14.5. The van der Waals surface area contributed by atoms with Gasteiger partial charge in [-0.1, -0.05) is 167 Å². The van der Waals surface area contributed by atoms with Gasteiger partial charge in [0.15, 0.2) is 0 Å². The van der Waals surface area contributed by atoms with Crippen LogP contribution in [0.5, 0.6) is 0 Å². The molecule has 0 saturated heterocycles. The van der Waals surface area contributed by atoms with Gasteiger partial charge < -0.3 is 13.9 Å². The summed E-state index contributed by atoms with van der Waals surface area (Å²) in [5.41, 5.74) is 0. The number of nitrogens with zero attached hydrogens (tertiary/aromatic N) is 3. The van der Waals surface area contributed by atoms with Crippen molar-refractivity contribution in [2.75, 3.05) is 0 Å². The third-order valence-corrected chi connectivity index (χ3v) is 18.1. The van der Waals surface area contributed by atoms with Crippen molar-refractivity contribution in [2.24, 2.45) is 0 Å². The van der Waals surface area contributed by atoms with Gasteiger partial charge in [-0.3, -0.25) is 0 Å². The molecule has 0 bridgehead atoms. The number of rotatable bonds is 6. The third kappa shape index (κ3) is 51.2. The molecule has 0 aromatic carbocycles. The quantitative estimate of drug-likeness (QED) is 0.266. The monoisotopic (exact) mass is 619 g/mol. The summed E-state index contributed by atoms with van der Waals surface area (Å²) in [6, 6.07) is 0. The fourth-order valence-electron chi connectivity index (χ4n) is 3.02. The van der Waals surface area contributed by atoms with E-state index in [1.807, 2.05) is 0 Å². The van der Waals surface area contributed by atoms with E-state index in [9.17, 15) is 0 Å². The molecule has 0 saturated carbocycles. The van der Waals surface area contributed by atoms with Crippen LogP contribution in [0.4, 0.5) is 0 Å². The van der Waals surface area contributed by atoms with Crippen LogP contribution >= 0.6 is 0 Å². The SMILES string of the molecule is C[Si](C)(C)[N-][Si](C)(C)C.C[Si](C)(C)[N-][Si](C)(C)C.C[Si](C)(C)[N-][Si](C)(C)C.[La+3]. The van der Waals surface area contributed by atoms with E-state index in [1.165, 1.54) is 0 Å². The fraction of sp³-hybridized carbons (Fsp3) is 1.00. The molecule has 28 heavy (non-hydrogen) atoms. The topological polar surface area (TPSA) is 42.3 Å². The summed E-state index contributed by atoms with van der Waals surface area (Å²) in [6.07, 6.45) is 0. The van der Waals surface area contributed by atoms with E-state index in [0.717, 1.165) is 0 Å². The zero-order valence-corrected chi connectivity index (χ0v) is 32.5. The minimum Gasteiger partial charge on any atom is -0.668 e. The Kier molecular flexibility index (Phi) is 18.6. The average Bonchev–Trinajstić information content (AvgIpc) is 1.96. The molecule has 0 rings (SSSR count). The maximum atomic E-state index is 4.82. The normalized spacial score (nSPS) is 13.5. The van der Waals surface area contributed by atoms with Gasteiger partial charge in [-0.25, -0.2) is 0 Å². The predicted molar refractivity (Wildman–Crippen MR) is 150 cm³/mol. The molecule has 0 unspecified atom stereocenters. The van der Waals surface area contributed by atoms with Crippen molar-refractivity contribution < 1.29 is 35.6 Å². The first-order valence-corrected chi connectivity index (χ1v) is 31.0. The van der Waals surface area contributed by atoms with Crippen LogP contribution < -0.4 is 0 Å². The fourth-order valence-corrected chi connectivity index (χ4v) is 27.2. The zero-order valence-electron chi connectivity index (χ0n) is 22.9. The van der Waals surface area contributed by atoms with Crippen molar-refractivity contribution in [1.29, 1.82) is 0 Å². The number of hydrogen-bond acceptors (Lipinski definition) is 0. The molecule has 168 valence electrons. The second kappa shape index (κ2) is 13.8. The Labute approximate surface area is 214 Å². The average molecular weight is 620 g/mol. The summed E-state index contributed by atoms with van der Waals surface area (Å²) in [5, 5.41) is 0. The molecule has 0 aliphatic rings. The third-order valence-electron chi connectivity index (χ3n) is 2.01. The van der Waals surface area contributed by atoms with Gasteiger partial charge in [-0.05, 0) is 0 Å². The van der Waals surface area contributed by atoms with Crippen LogP contribution in [0, 0.1) is 35.6 Å². The molecule has 0 aromatic heterocycles. The van der Waals surface area contributed by atoms with Crippen molar-refractivity contribution in [2.45, 2.75) is 118 Å². The summed E-state index contributed by atoms with van der Waals surface area (Å²) in [5.74, 6) is 0. The summed E-state index contributed by atoms with van der Waals surface area (Å²) in [7, 11) is -6.64. The molecule has 0 fully saturated rings. The molecular weight excluding hydrogens is 566 g/mol. The summed E-state index contributed by atoms with van der Waals surface area (Å²) >= 11 is 0. The molecule has 0 heterocycles. The van der Waals surface area contributed by atoms with Crippen molar-refractivity contribution in [1.82, 2.24) is 0 Å². The first-order chi connectivity index (χ1) is 11.1. The van der Waals surface area contributed by atoms with Crippen LogP contribution in [0.3, 0.4) is 0 Å². The molecule has 0 atom stereocenters. The maximum absolute atomic E-state index is 4.82. The molecule has 0 radical (unpaired) electrons. The Balaban J connectivity index is -0.000000152. The van der Waals surface area contributed by atoms with Crippen molar-refractivity contribution in [3.05, 3.63) is 13.9 Å². The summed E-state index contributed by atoms with van der Waals surface area (Å²) in [6.45, 7) is 41.3. The van der Waals surface area contributed by atoms with Crippen LogP contribution in [-0.2, 0) is 0 Å². The molecule has 0 aromatic rings. The smallest absolute Gasteiger partial charge is 0.668 e. The van der Waals surface area contributed by atoms with Gasteiger partial charge in [-0.15, -0.1) is 0 Å². The van der Waals surface area contributed by atoms with E-state index in [4.69, 9.17) is 13.9 Å². The zero-order chi connectivity index (χ0) is 23.1. The van der Waals surface area contributed by atoms with E-state index < -0.39 is 49.4 Å². The molecule has 0 aliphatic heterocycles. The van der Waals surface area contributed by atoms with Crippen molar-refractivity contribution >= 4 is 49.4 Å². The van der Waals surface area contributed by atoms with Crippen molar-refractivity contribution in [3.63, 3.8) is 0 Å². The van der Waals surface area contributed by atoms with E-state index in [2.05, 4.69) is 118 Å². The van der Waals surface area contributed by atoms with Crippen LogP contribution in [0.25, 0.3) is 13.9 Å². The predicted octanol–water partition coefficient (Wildman–Crippen LogP) is 9.09. The molecule has 0 N–H and O–H groups in total. The van der Waals surface area contributed by atoms with Gasteiger partial charge in [0, 0.05) is 0 Å². The largest absolute Gasteiger partial charge is 3.00 e. The van der Waals surface area contributed by atoms with Gasteiger partial charge >= 0.3 is 35.6 Å². The van der Waals surface area contributed by atoms with E-state index in [0.29, 0.717) is 0 Å².